The fourth-order valence-electron chi connectivity index (χ4n) is 2.66. The van der Waals surface area contributed by atoms with Gasteiger partial charge in [0.25, 0.3) is 0 Å². The SMILES string of the molecule is COC(=O)C1(C)CC(C(C)(C)C)CC1C. The number of methoxy groups -OCH3 is 1. The second-order valence-corrected chi connectivity index (χ2v) is 6.31. The van der Waals surface area contributed by atoms with Crippen molar-refractivity contribution in [3.05, 3.63) is 0 Å². The van der Waals surface area contributed by atoms with Gasteiger partial charge in [-0.3, -0.25) is 4.79 Å². The van der Waals surface area contributed by atoms with Crippen molar-refractivity contribution < 1.29 is 9.53 Å². The molecular weight excluding hydrogens is 188 g/mol. The number of hydrogen-bond acceptors (Lipinski definition) is 2. The molecule has 88 valence electrons. The Morgan fingerprint density at radius 3 is 2.27 bits per heavy atom. The van der Waals surface area contributed by atoms with Crippen molar-refractivity contribution in [3.8, 4) is 0 Å². The molecule has 1 rings (SSSR count). The Labute approximate surface area is 93.4 Å². The van der Waals surface area contributed by atoms with Crippen LogP contribution in [0.3, 0.4) is 0 Å². The van der Waals surface area contributed by atoms with Gasteiger partial charge in [0.2, 0.25) is 0 Å². The van der Waals surface area contributed by atoms with Gasteiger partial charge in [-0.15, -0.1) is 0 Å². The van der Waals surface area contributed by atoms with E-state index in [1.807, 2.05) is 0 Å². The summed E-state index contributed by atoms with van der Waals surface area (Å²) in [4.78, 5) is 11.8. The molecular formula is C13H24O2. The number of hydrogen-bond donors (Lipinski definition) is 0. The standard InChI is InChI=1S/C13H24O2/c1-9-7-10(12(2,3)4)8-13(9,5)11(14)15-6/h9-10H,7-8H2,1-6H3. The molecule has 0 amide bonds. The zero-order valence-electron chi connectivity index (χ0n) is 10.9. The molecule has 1 aliphatic rings. The summed E-state index contributed by atoms with van der Waals surface area (Å²) in [6, 6.07) is 0. The van der Waals surface area contributed by atoms with Crippen molar-refractivity contribution in [1.82, 2.24) is 0 Å². The lowest BCUT2D eigenvalue weighted by molar-refractivity contribution is -0.153. The van der Waals surface area contributed by atoms with Crippen LogP contribution in [0.2, 0.25) is 0 Å². The highest BCUT2D eigenvalue weighted by Gasteiger charge is 2.50. The zero-order chi connectivity index (χ0) is 11.9. The molecule has 0 saturated heterocycles. The van der Waals surface area contributed by atoms with Crippen LogP contribution in [0.1, 0.15) is 47.5 Å². The summed E-state index contributed by atoms with van der Waals surface area (Å²) in [6.07, 6.45) is 2.10. The van der Waals surface area contributed by atoms with Crippen LogP contribution >= 0.6 is 0 Å². The summed E-state index contributed by atoms with van der Waals surface area (Å²) in [7, 11) is 1.49. The van der Waals surface area contributed by atoms with E-state index in [2.05, 4.69) is 34.6 Å². The predicted octanol–water partition coefficient (Wildman–Crippen LogP) is 3.26. The normalized spacial score (nSPS) is 36.7. The number of ether oxygens (including phenoxy) is 1. The average Bonchev–Trinajstić information content (AvgIpc) is 2.42. The van der Waals surface area contributed by atoms with Gasteiger partial charge in [0.05, 0.1) is 12.5 Å². The summed E-state index contributed by atoms with van der Waals surface area (Å²) in [5.41, 5.74) is 0.0206. The van der Waals surface area contributed by atoms with Gasteiger partial charge in [-0.25, -0.2) is 0 Å². The molecule has 3 atom stereocenters. The van der Waals surface area contributed by atoms with Crippen molar-refractivity contribution >= 4 is 5.97 Å². The van der Waals surface area contributed by atoms with Crippen LogP contribution < -0.4 is 0 Å². The van der Waals surface area contributed by atoms with E-state index in [1.165, 1.54) is 7.11 Å². The van der Waals surface area contributed by atoms with Gasteiger partial charge in [-0.05, 0) is 37.0 Å². The summed E-state index contributed by atoms with van der Waals surface area (Å²) >= 11 is 0. The Hall–Kier alpha value is -0.530. The van der Waals surface area contributed by atoms with Crippen molar-refractivity contribution in [3.63, 3.8) is 0 Å². The third kappa shape index (κ3) is 2.19. The molecule has 0 aromatic carbocycles. The van der Waals surface area contributed by atoms with Crippen molar-refractivity contribution in [2.75, 3.05) is 7.11 Å². The number of carbonyl (C=O) groups excluding carboxylic acids is 1. The van der Waals surface area contributed by atoms with Crippen LogP contribution in [0.4, 0.5) is 0 Å². The first-order valence-corrected chi connectivity index (χ1v) is 5.80. The Balaban J connectivity index is 2.84. The van der Waals surface area contributed by atoms with Crippen molar-refractivity contribution in [2.24, 2.45) is 22.7 Å². The summed E-state index contributed by atoms with van der Waals surface area (Å²) in [5.74, 6) is 1.01. The maximum absolute atomic E-state index is 11.8. The summed E-state index contributed by atoms with van der Waals surface area (Å²) in [5, 5.41) is 0. The quantitative estimate of drug-likeness (QED) is 0.624. The highest BCUT2D eigenvalue weighted by atomic mass is 16.5. The van der Waals surface area contributed by atoms with Crippen LogP contribution in [0, 0.1) is 22.7 Å². The zero-order valence-corrected chi connectivity index (χ0v) is 10.9. The number of esters is 1. The molecule has 0 radical (unpaired) electrons. The van der Waals surface area contributed by atoms with Crippen LogP contribution in [0.15, 0.2) is 0 Å². The first kappa shape index (κ1) is 12.5. The van der Waals surface area contributed by atoms with E-state index >= 15 is 0 Å². The van der Waals surface area contributed by atoms with Crippen LogP contribution in [-0.4, -0.2) is 13.1 Å². The molecule has 0 N–H and O–H groups in total. The molecule has 2 nitrogen and oxygen atoms in total. The molecule has 0 aromatic rings. The minimum atomic E-state index is -0.271. The van der Waals surface area contributed by atoms with E-state index in [9.17, 15) is 4.79 Å². The van der Waals surface area contributed by atoms with Crippen LogP contribution in [0.5, 0.6) is 0 Å². The lowest BCUT2D eigenvalue weighted by Crippen LogP contribution is -2.32. The average molecular weight is 212 g/mol. The van der Waals surface area contributed by atoms with Gasteiger partial charge >= 0.3 is 5.97 Å². The van der Waals surface area contributed by atoms with E-state index < -0.39 is 0 Å². The van der Waals surface area contributed by atoms with Crippen LogP contribution in [-0.2, 0) is 9.53 Å². The van der Waals surface area contributed by atoms with Gasteiger partial charge in [0.15, 0.2) is 0 Å². The lowest BCUT2D eigenvalue weighted by Gasteiger charge is -2.29. The van der Waals surface area contributed by atoms with Gasteiger partial charge in [-0.1, -0.05) is 27.7 Å². The predicted molar refractivity (Wildman–Crippen MR) is 61.5 cm³/mol. The third-order valence-electron chi connectivity index (χ3n) is 4.27. The van der Waals surface area contributed by atoms with Crippen LogP contribution in [0.25, 0.3) is 0 Å². The molecule has 3 unspecified atom stereocenters. The molecule has 1 aliphatic carbocycles. The number of carbonyl (C=O) groups is 1. The minimum absolute atomic E-state index is 0.0400. The van der Waals surface area contributed by atoms with E-state index in [0.717, 1.165) is 12.8 Å². The first-order valence-electron chi connectivity index (χ1n) is 5.80. The maximum atomic E-state index is 11.8. The fourth-order valence-corrected chi connectivity index (χ4v) is 2.66. The first-order chi connectivity index (χ1) is 6.71. The highest BCUT2D eigenvalue weighted by molar-refractivity contribution is 5.77. The van der Waals surface area contributed by atoms with Gasteiger partial charge < -0.3 is 4.74 Å². The van der Waals surface area contributed by atoms with E-state index in [0.29, 0.717) is 17.3 Å². The van der Waals surface area contributed by atoms with Crippen molar-refractivity contribution in [1.29, 1.82) is 0 Å². The Bertz CT molecular complexity index is 252. The Kier molecular flexibility index (Phi) is 3.18. The second-order valence-electron chi connectivity index (χ2n) is 6.31. The monoisotopic (exact) mass is 212 g/mol. The molecule has 0 heterocycles. The smallest absolute Gasteiger partial charge is 0.311 e. The molecule has 0 bridgehead atoms. The topological polar surface area (TPSA) is 26.3 Å². The molecule has 1 saturated carbocycles. The van der Waals surface area contributed by atoms with E-state index in [1.54, 1.807) is 0 Å². The van der Waals surface area contributed by atoms with Crippen molar-refractivity contribution in [2.45, 2.75) is 47.5 Å². The Morgan fingerprint density at radius 1 is 1.40 bits per heavy atom. The minimum Gasteiger partial charge on any atom is -0.469 e. The molecule has 15 heavy (non-hydrogen) atoms. The van der Waals surface area contributed by atoms with E-state index in [-0.39, 0.29) is 11.4 Å². The van der Waals surface area contributed by atoms with Gasteiger partial charge in [-0.2, -0.15) is 0 Å². The van der Waals surface area contributed by atoms with Gasteiger partial charge in [0.1, 0.15) is 0 Å². The second kappa shape index (κ2) is 3.80. The summed E-state index contributed by atoms with van der Waals surface area (Å²) in [6.45, 7) is 11.0. The van der Waals surface area contributed by atoms with E-state index in [4.69, 9.17) is 4.74 Å². The molecule has 1 fully saturated rings. The fraction of sp³-hybridized carbons (Fsp3) is 0.923. The largest absolute Gasteiger partial charge is 0.469 e. The molecule has 0 spiro atoms. The maximum Gasteiger partial charge on any atom is 0.311 e. The van der Waals surface area contributed by atoms with Gasteiger partial charge in [0, 0.05) is 0 Å². The Morgan fingerprint density at radius 2 is 1.93 bits per heavy atom. The lowest BCUT2D eigenvalue weighted by atomic mass is 9.77. The third-order valence-corrected chi connectivity index (χ3v) is 4.27. The summed E-state index contributed by atoms with van der Waals surface area (Å²) < 4.78 is 4.93. The number of rotatable bonds is 1. The highest BCUT2D eigenvalue weighted by Crippen LogP contribution is 2.52. The molecule has 0 aromatic heterocycles. The molecule has 2 heteroatoms. The molecule has 0 aliphatic heterocycles.